The molecule has 6 heteroatoms. The van der Waals surface area contributed by atoms with Gasteiger partial charge in [0.1, 0.15) is 12.4 Å². The molecule has 0 radical (unpaired) electrons. The van der Waals surface area contributed by atoms with Gasteiger partial charge >= 0.3 is 5.97 Å². The third-order valence-corrected chi connectivity index (χ3v) is 8.12. The number of rotatable bonds is 8. The van der Waals surface area contributed by atoms with E-state index in [1.807, 2.05) is 6.92 Å². The first kappa shape index (κ1) is 26.4. The van der Waals surface area contributed by atoms with Crippen LogP contribution in [0.5, 0.6) is 5.75 Å². The van der Waals surface area contributed by atoms with E-state index in [2.05, 4.69) is 52.0 Å². The first-order valence-corrected chi connectivity index (χ1v) is 12.8. The van der Waals surface area contributed by atoms with Crippen LogP contribution in [0.2, 0.25) is 0 Å². The maximum Gasteiger partial charge on any atom is 0.351 e. The number of aliphatic hydroxyl groups is 1. The zero-order valence-corrected chi connectivity index (χ0v) is 22.3. The van der Waals surface area contributed by atoms with Crippen molar-refractivity contribution >= 4 is 23.1 Å². The maximum atomic E-state index is 12.5. The standard InChI is InChI=1S/C28H38O5S/c1-17(14-29)22(30)15-33-23-18(2)24(34-25(23)26(31)32-7)20-10-8-9-19(11-20)21-12-27(3,4)16-28(5,6)13-21/h8-11,17,21,29H,12-16H2,1-7H3. The van der Waals surface area contributed by atoms with Gasteiger partial charge in [-0.15, -0.1) is 11.3 Å². The molecule has 3 rings (SSSR count). The first-order valence-electron chi connectivity index (χ1n) is 12.0. The van der Waals surface area contributed by atoms with E-state index >= 15 is 0 Å². The van der Waals surface area contributed by atoms with Crippen molar-refractivity contribution in [2.24, 2.45) is 16.7 Å². The third-order valence-electron chi connectivity index (χ3n) is 6.82. The van der Waals surface area contributed by atoms with Gasteiger partial charge in [0.15, 0.2) is 10.7 Å². The minimum Gasteiger partial charge on any atom is -0.484 e. The number of carbonyl (C=O) groups excluding carboxylic acids is 2. The number of thiophene rings is 1. The van der Waals surface area contributed by atoms with Crippen LogP contribution in [0.3, 0.4) is 0 Å². The van der Waals surface area contributed by atoms with Crippen molar-refractivity contribution in [1.82, 2.24) is 0 Å². The van der Waals surface area contributed by atoms with Crippen molar-refractivity contribution < 1.29 is 24.2 Å². The molecular weight excluding hydrogens is 448 g/mol. The van der Waals surface area contributed by atoms with Crippen molar-refractivity contribution in [2.45, 2.75) is 66.7 Å². The van der Waals surface area contributed by atoms with Gasteiger partial charge in [-0.25, -0.2) is 4.79 Å². The van der Waals surface area contributed by atoms with Crippen molar-refractivity contribution in [3.8, 4) is 16.2 Å². The molecule has 1 aliphatic rings. The van der Waals surface area contributed by atoms with Crippen LogP contribution in [0.4, 0.5) is 0 Å². The molecule has 186 valence electrons. The summed E-state index contributed by atoms with van der Waals surface area (Å²) in [5, 5.41) is 9.24. The van der Waals surface area contributed by atoms with E-state index in [0.717, 1.165) is 28.8 Å². The first-order chi connectivity index (χ1) is 15.9. The average Bonchev–Trinajstić information content (AvgIpc) is 3.10. The van der Waals surface area contributed by atoms with Crippen LogP contribution in [0.15, 0.2) is 24.3 Å². The molecule has 1 fully saturated rings. The summed E-state index contributed by atoms with van der Waals surface area (Å²) < 4.78 is 10.8. The topological polar surface area (TPSA) is 72.8 Å². The molecule has 1 atom stereocenters. The summed E-state index contributed by atoms with van der Waals surface area (Å²) in [5.74, 6) is -0.345. The Hall–Kier alpha value is -2.18. The van der Waals surface area contributed by atoms with E-state index in [0.29, 0.717) is 27.4 Å². The third kappa shape index (κ3) is 5.89. The molecule has 1 saturated carbocycles. The molecule has 5 nitrogen and oxygen atoms in total. The molecular formula is C28H38O5S. The molecule has 1 heterocycles. The van der Waals surface area contributed by atoms with Crippen LogP contribution in [0, 0.1) is 23.7 Å². The van der Waals surface area contributed by atoms with Gasteiger partial charge in [0.2, 0.25) is 0 Å². The minimum atomic E-state index is -0.513. The van der Waals surface area contributed by atoms with E-state index in [9.17, 15) is 14.7 Å². The van der Waals surface area contributed by atoms with Gasteiger partial charge in [0.25, 0.3) is 0 Å². The number of carbonyl (C=O) groups is 2. The van der Waals surface area contributed by atoms with Crippen molar-refractivity contribution in [3.63, 3.8) is 0 Å². The van der Waals surface area contributed by atoms with Crippen LogP contribution in [0.1, 0.15) is 80.6 Å². The van der Waals surface area contributed by atoms with Gasteiger partial charge in [-0.05, 0) is 54.1 Å². The number of hydrogen-bond acceptors (Lipinski definition) is 6. The number of ketones is 1. The fourth-order valence-electron chi connectivity index (χ4n) is 5.58. The molecule has 1 aliphatic carbocycles. The molecule has 0 amide bonds. The Kier molecular flexibility index (Phi) is 7.93. The summed E-state index contributed by atoms with van der Waals surface area (Å²) in [4.78, 5) is 26.0. The number of methoxy groups -OCH3 is 1. The zero-order valence-electron chi connectivity index (χ0n) is 21.5. The van der Waals surface area contributed by atoms with Gasteiger partial charge in [-0.2, -0.15) is 0 Å². The number of benzene rings is 1. The lowest BCUT2D eigenvalue weighted by molar-refractivity contribution is -0.125. The highest BCUT2D eigenvalue weighted by Gasteiger charge is 2.39. The molecule has 0 aliphatic heterocycles. The molecule has 0 bridgehead atoms. The number of aliphatic hydroxyl groups excluding tert-OH is 1. The minimum absolute atomic E-state index is 0.199. The highest BCUT2D eigenvalue weighted by molar-refractivity contribution is 7.18. The number of ether oxygens (including phenoxy) is 2. The Bertz CT molecular complexity index is 1030. The summed E-state index contributed by atoms with van der Waals surface area (Å²) in [6.45, 7) is 12.6. The lowest BCUT2D eigenvalue weighted by Crippen LogP contribution is -2.32. The summed E-state index contributed by atoms with van der Waals surface area (Å²) in [5.41, 5.74) is 3.75. The van der Waals surface area contributed by atoms with Gasteiger partial charge in [0, 0.05) is 16.4 Å². The van der Waals surface area contributed by atoms with Crippen LogP contribution < -0.4 is 4.74 Å². The lowest BCUT2D eigenvalue weighted by Gasteiger charge is -2.45. The predicted octanol–water partition coefficient (Wildman–Crippen LogP) is 6.41. The second kappa shape index (κ2) is 10.2. The lowest BCUT2D eigenvalue weighted by atomic mass is 9.60. The Morgan fingerprint density at radius 2 is 1.82 bits per heavy atom. The molecule has 0 saturated heterocycles. The monoisotopic (exact) mass is 486 g/mol. The van der Waals surface area contributed by atoms with E-state index in [1.54, 1.807) is 6.92 Å². The van der Waals surface area contributed by atoms with Crippen LogP contribution in [0.25, 0.3) is 10.4 Å². The smallest absolute Gasteiger partial charge is 0.351 e. The van der Waals surface area contributed by atoms with Gasteiger partial charge in [-0.3, -0.25) is 4.79 Å². The maximum absolute atomic E-state index is 12.5. The quantitative estimate of drug-likeness (QED) is 0.437. The van der Waals surface area contributed by atoms with Gasteiger partial charge < -0.3 is 14.6 Å². The summed E-state index contributed by atoms with van der Waals surface area (Å²) in [7, 11) is 1.34. The molecule has 1 unspecified atom stereocenters. The predicted molar refractivity (Wildman–Crippen MR) is 137 cm³/mol. The van der Waals surface area contributed by atoms with Crippen LogP contribution in [-0.2, 0) is 9.53 Å². The molecule has 1 aromatic heterocycles. The Labute approximate surface area is 207 Å². The Morgan fingerprint density at radius 1 is 1.18 bits per heavy atom. The van der Waals surface area contributed by atoms with Gasteiger partial charge in [0.05, 0.1) is 13.7 Å². The Balaban J connectivity index is 1.96. The number of esters is 1. The SMILES string of the molecule is COC(=O)c1sc(-c2cccc(C3CC(C)(C)CC(C)(C)C3)c2)c(C)c1OCC(=O)C(C)CO. The molecule has 1 N–H and O–H groups in total. The summed E-state index contributed by atoms with van der Waals surface area (Å²) in [6, 6.07) is 8.60. The zero-order chi connectivity index (χ0) is 25.3. The Morgan fingerprint density at radius 3 is 2.41 bits per heavy atom. The molecule has 0 spiro atoms. The largest absolute Gasteiger partial charge is 0.484 e. The molecule has 34 heavy (non-hydrogen) atoms. The van der Waals surface area contributed by atoms with Crippen molar-refractivity contribution in [3.05, 3.63) is 40.3 Å². The highest BCUT2D eigenvalue weighted by atomic mass is 32.1. The van der Waals surface area contributed by atoms with E-state index in [1.165, 1.54) is 30.4 Å². The average molecular weight is 487 g/mol. The van der Waals surface area contributed by atoms with Crippen molar-refractivity contribution in [2.75, 3.05) is 20.3 Å². The summed E-state index contributed by atoms with van der Waals surface area (Å²) in [6.07, 6.45) is 3.52. The van der Waals surface area contributed by atoms with Crippen LogP contribution >= 0.6 is 11.3 Å². The second-order valence-electron chi connectivity index (χ2n) is 11.3. The second-order valence-corrected chi connectivity index (χ2v) is 12.3. The fraction of sp³-hybridized carbons (Fsp3) is 0.571. The van der Waals surface area contributed by atoms with Crippen LogP contribution in [-0.4, -0.2) is 37.2 Å². The number of Topliss-reactive ketones (excluding diaryl/α,β-unsaturated/α-hetero) is 1. The normalized spacial score (nSPS) is 18.4. The van der Waals surface area contributed by atoms with E-state index in [-0.39, 0.29) is 19.0 Å². The van der Waals surface area contributed by atoms with E-state index in [4.69, 9.17) is 9.47 Å². The number of hydrogen-bond donors (Lipinski definition) is 1. The van der Waals surface area contributed by atoms with E-state index < -0.39 is 11.9 Å². The molecule has 2 aromatic rings. The highest BCUT2D eigenvalue weighted by Crippen LogP contribution is 2.52. The summed E-state index contributed by atoms with van der Waals surface area (Å²) >= 11 is 1.33. The molecule has 1 aromatic carbocycles. The van der Waals surface area contributed by atoms with Crippen molar-refractivity contribution in [1.29, 1.82) is 0 Å². The fourth-order valence-corrected chi connectivity index (χ4v) is 6.74. The van der Waals surface area contributed by atoms with Gasteiger partial charge in [-0.1, -0.05) is 58.9 Å².